The van der Waals surface area contributed by atoms with E-state index in [4.69, 9.17) is 24.3 Å². The Hall–Kier alpha value is -2.81. The zero-order valence-electron chi connectivity index (χ0n) is 33.0. The maximum absolute atomic E-state index is 12.5. The van der Waals surface area contributed by atoms with Crippen molar-refractivity contribution in [3.63, 3.8) is 0 Å². The number of nitrogens with two attached hydrogens (primary N) is 1. The molecule has 0 aliphatic rings. The summed E-state index contributed by atoms with van der Waals surface area (Å²) in [5.41, 5.74) is 5.33. The van der Waals surface area contributed by atoms with Gasteiger partial charge in [-0.2, -0.15) is 0 Å². The lowest BCUT2D eigenvalue weighted by Crippen LogP contribution is -2.29. The SMILES string of the molecule is CC/C=C/C/C=C/C/C=C/C/C=C/C/C=C/CCCC(=O)OC[C@H](COP(=O)(O)OCCN)OC(=O)CCCCCCC/C=C/C/C=C/CCCCC. The van der Waals surface area contributed by atoms with Crippen molar-refractivity contribution in [2.24, 2.45) is 5.73 Å². The number of rotatable bonds is 36. The van der Waals surface area contributed by atoms with Gasteiger partial charge in [0.2, 0.25) is 0 Å². The fraction of sp³-hybridized carbons (Fsp3) is 0.628. The van der Waals surface area contributed by atoms with Gasteiger partial charge in [-0.15, -0.1) is 0 Å². The number of carbonyl (C=O) groups is 2. The van der Waals surface area contributed by atoms with Gasteiger partial charge in [0.25, 0.3) is 0 Å². The van der Waals surface area contributed by atoms with E-state index in [1.165, 1.54) is 25.7 Å². The Morgan fingerprint density at radius 2 is 1.06 bits per heavy atom. The molecule has 0 bridgehead atoms. The van der Waals surface area contributed by atoms with E-state index in [-0.39, 0.29) is 32.6 Å². The standard InChI is InChI=1S/C43H72NO8P/c1-3-5-7-9-11-13-15-17-19-20-22-23-25-27-29-31-33-35-42(45)49-39-41(40-51-53(47,48)50-38-37-44)52-43(46)36-34-32-30-28-26-24-21-18-16-14-12-10-8-6-4-2/h5,7,11-14,17-19,21-23,27,29,41H,3-4,6,8-10,15-16,20,24-26,28,30-40,44H2,1-2H3,(H,47,48)/b7-5+,13-11+,14-12+,19-17+,21-18+,23-22+,29-27+/t41-/m1/s1. The minimum atomic E-state index is -4.40. The van der Waals surface area contributed by atoms with Gasteiger partial charge < -0.3 is 20.1 Å². The van der Waals surface area contributed by atoms with Crippen LogP contribution in [0.1, 0.15) is 142 Å². The molecule has 0 aromatic rings. The monoisotopic (exact) mass is 761 g/mol. The highest BCUT2D eigenvalue weighted by molar-refractivity contribution is 7.47. The Balaban J connectivity index is 4.34. The zero-order chi connectivity index (χ0) is 38.9. The van der Waals surface area contributed by atoms with Crippen molar-refractivity contribution in [1.29, 1.82) is 0 Å². The average molecular weight is 762 g/mol. The number of hydrogen-bond donors (Lipinski definition) is 2. The summed E-state index contributed by atoms with van der Waals surface area (Å²) in [6, 6.07) is 0. The maximum Gasteiger partial charge on any atom is 0.472 e. The first kappa shape index (κ1) is 50.2. The first-order chi connectivity index (χ1) is 25.8. The van der Waals surface area contributed by atoms with Gasteiger partial charge in [-0.05, 0) is 83.5 Å². The highest BCUT2D eigenvalue weighted by Gasteiger charge is 2.25. The summed E-state index contributed by atoms with van der Waals surface area (Å²) in [7, 11) is -4.40. The van der Waals surface area contributed by atoms with E-state index < -0.39 is 32.5 Å². The molecule has 0 radical (unpaired) electrons. The van der Waals surface area contributed by atoms with Crippen molar-refractivity contribution < 1.29 is 37.6 Å². The predicted molar refractivity (Wildman–Crippen MR) is 219 cm³/mol. The number of esters is 2. The topological polar surface area (TPSA) is 134 Å². The molecule has 0 aromatic heterocycles. The Bertz CT molecular complexity index is 1140. The van der Waals surface area contributed by atoms with Crippen LogP contribution in [0.3, 0.4) is 0 Å². The fourth-order valence-electron chi connectivity index (χ4n) is 4.82. The van der Waals surface area contributed by atoms with Gasteiger partial charge in [-0.1, -0.05) is 131 Å². The Morgan fingerprint density at radius 1 is 0.585 bits per heavy atom. The molecular formula is C43H72NO8P. The third-order valence-corrected chi connectivity index (χ3v) is 8.75. The van der Waals surface area contributed by atoms with Crippen LogP contribution in [-0.2, 0) is 32.7 Å². The summed E-state index contributed by atoms with van der Waals surface area (Å²) < 4.78 is 32.6. The zero-order valence-corrected chi connectivity index (χ0v) is 33.9. The van der Waals surface area contributed by atoms with Crippen molar-refractivity contribution in [3.8, 4) is 0 Å². The summed E-state index contributed by atoms with van der Waals surface area (Å²) in [4.78, 5) is 34.8. The lowest BCUT2D eigenvalue weighted by atomic mass is 10.1. The molecule has 3 N–H and O–H groups in total. The third kappa shape index (κ3) is 38.7. The molecule has 0 fully saturated rings. The highest BCUT2D eigenvalue weighted by Crippen LogP contribution is 2.43. The number of hydrogen-bond acceptors (Lipinski definition) is 8. The Kier molecular flexibility index (Phi) is 36.8. The second-order valence-electron chi connectivity index (χ2n) is 12.8. The molecule has 9 nitrogen and oxygen atoms in total. The van der Waals surface area contributed by atoms with E-state index in [0.717, 1.165) is 77.0 Å². The van der Waals surface area contributed by atoms with E-state index in [1.807, 2.05) is 6.08 Å². The molecule has 0 heterocycles. The minimum absolute atomic E-state index is 0.0388. The van der Waals surface area contributed by atoms with Crippen LogP contribution in [-0.4, -0.2) is 49.3 Å². The van der Waals surface area contributed by atoms with Crippen LogP contribution in [0.15, 0.2) is 85.1 Å². The molecule has 0 aliphatic carbocycles. The van der Waals surface area contributed by atoms with Gasteiger partial charge in [0, 0.05) is 19.4 Å². The first-order valence-electron chi connectivity index (χ1n) is 20.1. The third-order valence-electron chi connectivity index (χ3n) is 7.77. The Morgan fingerprint density at radius 3 is 1.60 bits per heavy atom. The summed E-state index contributed by atoms with van der Waals surface area (Å²) >= 11 is 0. The van der Waals surface area contributed by atoms with E-state index in [0.29, 0.717) is 12.8 Å². The molecule has 0 saturated carbocycles. The number of phosphoric ester groups is 1. The molecule has 1 unspecified atom stereocenters. The van der Waals surface area contributed by atoms with Crippen LogP contribution < -0.4 is 5.73 Å². The average Bonchev–Trinajstić information content (AvgIpc) is 3.14. The van der Waals surface area contributed by atoms with Crippen molar-refractivity contribution in [2.75, 3.05) is 26.4 Å². The Labute approximate surface area is 322 Å². The van der Waals surface area contributed by atoms with Crippen molar-refractivity contribution in [1.82, 2.24) is 0 Å². The second-order valence-corrected chi connectivity index (χ2v) is 14.2. The van der Waals surface area contributed by atoms with Gasteiger partial charge in [-0.3, -0.25) is 18.6 Å². The molecule has 53 heavy (non-hydrogen) atoms. The van der Waals surface area contributed by atoms with Crippen molar-refractivity contribution in [2.45, 2.75) is 148 Å². The van der Waals surface area contributed by atoms with Crippen molar-refractivity contribution in [3.05, 3.63) is 85.1 Å². The second kappa shape index (κ2) is 38.9. The summed E-state index contributed by atoms with van der Waals surface area (Å²) in [6.07, 6.45) is 47.6. The van der Waals surface area contributed by atoms with Crippen LogP contribution in [0.5, 0.6) is 0 Å². The van der Waals surface area contributed by atoms with E-state index in [9.17, 15) is 19.0 Å². The van der Waals surface area contributed by atoms with Crippen LogP contribution >= 0.6 is 7.82 Å². The predicted octanol–water partition coefficient (Wildman–Crippen LogP) is 11.3. The molecular weight excluding hydrogens is 689 g/mol. The van der Waals surface area contributed by atoms with Crippen LogP contribution in [0.25, 0.3) is 0 Å². The van der Waals surface area contributed by atoms with Gasteiger partial charge in [0.1, 0.15) is 6.61 Å². The summed E-state index contributed by atoms with van der Waals surface area (Å²) in [6.45, 7) is 3.48. The first-order valence-corrected chi connectivity index (χ1v) is 21.6. The molecule has 302 valence electrons. The van der Waals surface area contributed by atoms with Crippen LogP contribution in [0.4, 0.5) is 0 Å². The molecule has 0 rings (SSSR count). The van der Waals surface area contributed by atoms with Gasteiger partial charge in [0.05, 0.1) is 13.2 Å². The fourth-order valence-corrected chi connectivity index (χ4v) is 5.58. The van der Waals surface area contributed by atoms with Gasteiger partial charge in [0.15, 0.2) is 6.10 Å². The number of ether oxygens (including phenoxy) is 2. The molecule has 0 aliphatic heterocycles. The lowest BCUT2D eigenvalue weighted by Gasteiger charge is -2.19. The molecule has 10 heteroatoms. The molecule has 0 amide bonds. The quantitative estimate of drug-likeness (QED) is 0.0277. The minimum Gasteiger partial charge on any atom is -0.462 e. The van der Waals surface area contributed by atoms with Gasteiger partial charge >= 0.3 is 19.8 Å². The van der Waals surface area contributed by atoms with E-state index in [2.05, 4.69) is 92.8 Å². The van der Waals surface area contributed by atoms with Gasteiger partial charge in [-0.25, -0.2) is 4.57 Å². The number of allylic oxidation sites excluding steroid dienone is 14. The van der Waals surface area contributed by atoms with Crippen LogP contribution in [0, 0.1) is 0 Å². The van der Waals surface area contributed by atoms with Crippen molar-refractivity contribution >= 4 is 19.8 Å². The maximum atomic E-state index is 12.5. The largest absolute Gasteiger partial charge is 0.472 e. The highest BCUT2D eigenvalue weighted by atomic mass is 31.2. The molecule has 0 aromatic carbocycles. The molecule has 0 saturated heterocycles. The summed E-state index contributed by atoms with van der Waals surface area (Å²) in [5, 5.41) is 0. The molecule has 0 spiro atoms. The number of phosphoric acid groups is 1. The van der Waals surface area contributed by atoms with Crippen LogP contribution in [0.2, 0.25) is 0 Å². The lowest BCUT2D eigenvalue weighted by molar-refractivity contribution is -0.161. The van der Waals surface area contributed by atoms with E-state index in [1.54, 1.807) is 0 Å². The normalized spacial score (nSPS) is 14.3. The number of carbonyl (C=O) groups excluding carboxylic acids is 2. The van der Waals surface area contributed by atoms with E-state index >= 15 is 0 Å². The summed E-state index contributed by atoms with van der Waals surface area (Å²) in [5.74, 6) is -0.923. The number of unbranched alkanes of at least 4 members (excludes halogenated alkanes) is 9. The smallest absolute Gasteiger partial charge is 0.462 e. The molecule has 2 atom stereocenters.